The Hall–Kier alpha value is -2.12. The summed E-state index contributed by atoms with van der Waals surface area (Å²) in [4.78, 5) is 17.1. The molecular weight excluding hydrogens is 298 g/mol. The number of rotatable bonds is 4. The maximum atomic E-state index is 12.6. The third kappa shape index (κ3) is 4.24. The van der Waals surface area contributed by atoms with Crippen LogP contribution in [0.4, 0.5) is 0 Å². The van der Waals surface area contributed by atoms with Crippen molar-refractivity contribution in [3.8, 4) is 6.07 Å². The zero-order valence-electron chi connectivity index (χ0n) is 14.2. The van der Waals surface area contributed by atoms with Crippen LogP contribution in [-0.4, -0.2) is 47.9 Å². The van der Waals surface area contributed by atoms with Gasteiger partial charge in [0.05, 0.1) is 11.6 Å². The molecule has 0 bridgehead atoms. The summed E-state index contributed by atoms with van der Waals surface area (Å²) < 4.78 is 0. The molecule has 0 spiro atoms. The van der Waals surface area contributed by atoms with Gasteiger partial charge < -0.3 is 9.80 Å². The number of nitriles is 1. The minimum atomic E-state index is 0.110. The molecule has 126 valence electrons. The molecule has 0 radical (unpaired) electrons. The van der Waals surface area contributed by atoms with Crippen molar-refractivity contribution in [2.75, 3.05) is 26.2 Å². The Balaban J connectivity index is 1.58. The van der Waals surface area contributed by atoms with Crippen LogP contribution in [0.15, 0.2) is 30.3 Å². The zero-order chi connectivity index (χ0) is 16.8. The Kier molecular flexibility index (Phi) is 5.66. The summed E-state index contributed by atoms with van der Waals surface area (Å²) in [5.41, 5.74) is 1.59. The molecule has 1 unspecified atom stereocenters. The zero-order valence-corrected chi connectivity index (χ0v) is 14.2. The van der Waals surface area contributed by atoms with E-state index in [1.807, 2.05) is 23.1 Å². The topological polar surface area (TPSA) is 47.3 Å². The summed E-state index contributed by atoms with van der Waals surface area (Å²) in [7, 11) is 0. The van der Waals surface area contributed by atoms with Crippen molar-refractivity contribution in [1.82, 2.24) is 9.80 Å². The van der Waals surface area contributed by atoms with Crippen LogP contribution in [0.25, 0.3) is 6.08 Å². The normalized spacial score (nSPS) is 22.0. The van der Waals surface area contributed by atoms with Gasteiger partial charge in [0.2, 0.25) is 5.91 Å². The number of hydrogen-bond acceptors (Lipinski definition) is 3. The van der Waals surface area contributed by atoms with E-state index >= 15 is 0 Å². The van der Waals surface area contributed by atoms with Crippen LogP contribution in [0.3, 0.4) is 0 Å². The van der Waals surface area contributed by atoms with Gasteiger partial charge in [-0.25, -0.2) is 0 Å². The summed E-state index contributed by atoms with van der Waals surface area (Å²) in [5, 5.41) is 8.82. The van der Waals surface area contributed by atoms with Crippen molar-refractivity contribution < 1.29 is 4.79 Å². The average molecular weight is 323 g/mol. The Bertz CT molecular complexity index is 623. The van der Waals surface area contributed by atoms with Gasteiger partial charge in [-0.05, 0) is 62.5 Å². The molecule has 2 aliphatic heterocycles. The van der Waals surface area contributed by atoms with E-state index in [0.29, 0.717) is 11.6 Å². The first-order valence-corrected chi connectivity index (χ1v) is 8.97. The van der Waals surface area contributed by atoms with Crippen molar-refractivity contribution in [3.63, 3.8) is 0 Å². The standard InChI is InChI=1S/C20H25N3O/c21-15-18-8-6-17(7-9-18)10-11-20(24)23-14-4-5-19(23)16-22-12-2-1-3-13-22/h6-11,19H,1-5,12-14,16H2/b11-10+. The van der Waals surface area contributed by atoms with Crippen LogP contribution in [0.5, 0.6) is 0 Å². The van der Waals surface area contributed by atoms with Crippen LogP contribution in [-0.2, 0) is 4.79 Å². The molecule has 1 aromatic rings. The first kappa shape index (κ1) is 16.7. The van der Waals surface area contributed by atoms with E-state index in [0.717, 1.165) is 31.5 Å². The predicted octanol–water partition coefficient (Wildman–Crippen LogP) is 3.05. The van der Waals surface area contributed by atoms with Crippen molar-refractivity contribution in [3.05, 3.63) is 41.5 Å². The molecule has 2 fully saturated rings. The van der Waals surface area contributed by atoms with Crippen LogP contribution in [0, 0.1) is 11.3 Å². The van der Waals surface area contributed by atoms with E-state index in [9.17, 15) is 4.79 Å². The molecule has 1 amide bonds. The number of piperidine rings is 1. The van der Waals surface area contributed by atoms with Crippen LogP contribution < -0.4 is 0 Å². The molecule has 1 atom stereocenters. The highest BCUT2D eigenvalue weighted by molar-refractivity contribution is 5.92. The highest BCUT2D eigenvalue weighted by atomic mass is 16.2. The summed E-state index contributed by atoms with van der Waals surface area (Å²) in [5.74, 6) is 0.110. The van der Waals surface area contributed by atoms with Gasteiger partial charge in [-0.15, -0.1) is 0 Å². The molecule has 2 heterocycles. The van der Waals surface area contributed by atoms with Crippen LogP contribution in [0.2, 0.25) is 0 Å². The predicted molar refractivity (Wildman–Crippen MR) is 95.2 cm³/mol. The molecule has 0 aromatic heterocycles. The first-order valence-electron chi connectivity index (χ1n) is 8.97. The van der Waals surface area contributed by atoms with E-state index in [1.54, 1.807) is 18.2 Å². The number of benzene rings is 1. The maximum Gasteiger partial charge on any atom is 0.246 e. The van der Waals surface area contributed by atoms with Crippen LogP contribution >= 0.6 is 0 Å². The fourth-order valence-electron chi connectivity index (χ4n) is 3.69. The molecule has 1 aromatic carbocycles. The molecule has 0 N–H and O–H groups in total. The first-order chi connectivity index (χ1) is 11.8. The summed E-state index contributed by atoms with van der Waals surface area (Å²) in [6, 6.07) is 9.77. The second-order valence-electron chi connectivity index (χ2n) is 6.76. The number of carbonyl (C=O) groups is 1. The van der Waals surface area contributed by atoms with Gasteiger partial charge in [-0.2, -0.15) is 5.26 Å². The third-order valence-electron chi connectivity index (χ3n) is 5.04. The van der Waals surface area contributed by atoms with Gasteiger partial charge in [0.15, 0.2) is 0 Å². The Labute approximate surface area is 144 Å². The molecule has 3 rings (SSSR count). The molecule has 2 saturated heterocycles. The van der Waals surface area contributed by atoms with Crippen LogP contribution in [0.1, 0.15) is 43.2 Å². The minimum Gasteiger partial charge on any atom is -0.335 e. The Morgan fingerprint density at radius 1 is 1.12 bits per heavy atom. The van der Waals surface area contributed by atoms with Gasteiger partial charge in [0.1, 0.15) is 0 Å². The molecular formula is C20H25N3O. The largest absolute Gasteiger partial charge is 0.335 e. The lowest BCUT2D eigenvalue weighted by Gasteiger charge is -2.32. The van der Waals surface area contributed by atoms with Gasteiger partial charge in [0, 0.05) is 25.2 Å². The molecule has 24 heavy (non-hydrogen) atoms. The SMILES string of the molecule is N#Cc1ccc(/C=C/C(=O)N2CCCC2CN2CCCCC2)cc1. The van der Waals surface area contributed by atoms with Gasteiger partial charge >= 0.3 is 0 Å². The van der Waals surface area contributed by atoms with Gasteiger partial charge in [-0.3, -0.25) is 4.79 Å². The molecule has 0 saturated carbocycles. The van der Waals surface area contributed by atoms with Crippen molar-refractivity contribution in [2.24, 2.45) is 0 Å². The number of amides is 1. The number of likely N-dealkylation sites (tertiary alicyclic amines) is 2. The lowest BCUT2D eigenvalue weighted by molar-refractivity contribution is -0.127. The minimum absolute atomic E-state index is 0.110. The lowest BCUT2D eigenvalue weighted by Crippen LogP contribution is -2.44. The average Bonchev–Trinajstić information content (AvgIpc) is 3.09. The van der Waals surface area contributed by atoms with Crippen molar-refractivity contribution >= 4 is 12.0 Å². The highest BCUT2D eigenvalue weighted by Gasteiger charge is 2.29. The fraction of sp³-hybridized carbons (Fsp3) is 0.500. The van der Waals surface area contributed by atoms with E-state index in [1.165, 1.54) is 32.4 Å². The van der Waals surface area contributed by atoms with Gasteiger partial charge in [-0.1, -0.05) is 18.6 Å². The van der Waals surface area contributed by atoms with E-state index in [-0.39, 0.29) is 5.91 Å². The second-order valence-corrected chi connectivity index (χ2v) is 6.76. The number of carbonyl (C=O) groups excluding carboxylic acids is 1. The van der Waals surface area contributed by atoms with Crippen molar-refractivity contribution in [2.45, 2.75) is 38.1 Å². The second kappa shape index (κ2) is 8.12. The Morgan fingerprint density at radius 2 is 1.88 bits per heavy atom. The van der Waals surface area contributed by atoms with Crippen molar-refractivity contribution in [1.29, 1.82) is 5.26 Å². The molecule has 2 aliphatic rings. The fourth-order valence-corrected chi connectivity index (χ4v) is 3.69. The van der Waals surface area contributed by atoms with E-state index in [4.69, 9.17) is 5.26 Å². The third-order valence-corrected chi connectivity index (χ3v) is 5.04. The quantitative estimate of drug-likeness (QED) is 0.800. The summed E-state index contributed by atoms with van der Waals surface area (Å²) >= 11 is 0. The number of nitrogens with zero attached hydrogens (tertiary/aromatic N) is 3. The van der Waals surface area contributed by atoms with E-state index in [2.05, 4.69) is 11.0 Å². The molecule has 4 heteroatoms. The lowest BCUT2D eigenvalue weighted by atomic mass is 10.1. The van der Waals surface area contributed by atoms with E-state index < -0.39 is 0 Å². The molecule has 0 aliphatic carbocycles. The smallest absolute Gasteiger partial charge is 0.246 e. The number of hydrogen-bond donors (Lipinski definition) is 0. The monoisotopic (exact) mass is 323 g/mol. The summed E-state index contributed by atoms with van der Waals surface area (Å²) in [6.07, 6.45) is 9.67. The Morgan fingerprint density at radius 3 is 2.58 bits per heavy atom. The highest BCUT2D eigenvalue weighted by Crippen LogP contribution is 2.21. The summed E-state index contributed by atoms with van der Waals surface area (Å²) in [6.45, 7) is 4.25. The van der Waals surface area contributed by atoms with Gasteiger partial charge in [0.25, 0.3) is 0 Å². The maximum absolute atomic E-state index is 12.6. The molecule has 4 nitrogen and oxygen atoms in total.